The molecule has 62 valence electrons. The van der Waals surface area contributed by atoms with Crippen molar-refractivity contribution in [3.8, 4) is 0 Å². The minimum absolute atomic E-state index is 1.09. The summed E-state index contributed by atoms with van der Waals surface area (Å²) < 4.78 is 1.25. The quantitative estimate of drug-likeness (QED) is 0.522. The lowest BCUT2D eigenvalue weighted by Crippen LogP contribution is -1.75. The van der Waals surface area contributed by atoms with Gasteiger partial charge in [0.25, 0.3) is 0 Å². The monoisotopic (exact) mass is 185 g/mol. The van der Waals surface area contributed by atoms with E-state index in [-0.39, 0.29) is 0 Å². The SMILES string of the molecule is c1cc2cc3scccc3nc2c1. The van der Waals surface area contributed by atoms with Gasteiger partial charge >= 0.3 is 0 Å². The van der Waals surface area contributed by atoms with E-state index >= 15 is 0 Å². The third-order valence-corrected chi connectivity index (χ3v) is 3.01. The van der Waals surface area contributed by atoms with Crippen molar-refractivity contribution in [3.05, 3.63) is 41.8 Å². The van der Waals surface area contributed by atoms with Crippen LogP contribution < -0.4 is 0 Å². The molecular weight excluding hydrogens is 178 g/mol. The molecule has 3 rings (SSSR count). The van der Waals surface area contributed by atoms with Crippen LogP contribution in [0, 0.1) is 0 Å². The summed E-state index contributed by atoms with van der Waals surface area (Å²) in [5.74, 6) is 0. The van der Waals surface area contributed by atoms with E-state index < -0.39 is 0 Å². The van der Waals surface area contributed by atoms with Crippen molar-refractivity contribution in [3.63, 3.8) is 0 Å². The van der Waals surface area contributed by atoms with Crippen LogP contribution in [0.1, 0.15) is 0 Å². The molecule has 0 aliphatic rings. The fourth-order valence-electron chi connectivity index (χ4n) is 1.51. The number of nitrogens with zero attached hydrogens (tertiary/aromatic N) is 1. The summed E-state index contributed by atoms with van der Waals surface area (Å²) in [7, 11) is 0. The molecule has 1 nitrogen and oxygen atoms in total. The summed E-state index contributed by atoms with van der Waals surface area (Å²) in [4.78, 5) is 4.55. The van der Waals surface area contributed by atoms with Crippen LogP contribution in [0.2, 0.25) is 0 Å². The molecule has 0 saturated carbocycles. The van der Waals surface area contributed by atoms with Crippen molar-refractivity contribution >= 4 is 32.5 Å². The van der Waals surface area contributed by atoms with Crippen LogP contribution in [0.3, 0.4) is 0 Å². The zero-order valence-corrected chi connectivity index (χ0v) is 7.71. The van der Waals surface area contributed by atoms with Gasteiger partial charge in [-0.25, -0.2) is 4.98 Å². The maximum absolute atomic E-state index is 4.55. The average Bonchev–Trinajstić information content (AvgIpc) is 2.61. The molecule has 0 aliphatic heterocycles. The molecule has 0 fully saturated rings. The first-order valence-corrected chi connectivity index (χ1v) is 5.04. The Morgan fingerprint density at radius 1 is 1.00 bits per heavy atom. The summed E-state index contributed by atoms with van der Waals surface area (Å²) in [5, 5.41) is 3.31. The second kappa shape index (κ2) is 2.54. The van der Waals surface area contributed by atoms with Gasteiger partial charge in [-0.3, -0.25) is 0 Å². The van der Waals surface area contributed by atoms with Gasteiger partial charge < -0.3 is 0 Å². The first-order valence-electron chi connectivity index (χ1n) is 4.16. The van der Waals surface area contributed by atoms with Gasteiger partial charge in [-0.1, -0.05) is 18.2 Å². The summed E-state index contributed by atoms with van der Waals surface area (Å²) in [6, 6.07) is 12.5. The molecule has 2 aromatic heterocycles. The van der Waals surface area contributed by atoms with Crippen molar-refractivity contribution in [2.24, 2.45) is 0 Å². The Bertz CT molecular complexity index is 519. The maximum atomic E-state index is 4.55. The van der Waals surface area contributed by atoms with Gasteiger partial charge in [0.15, 0.2) is 0 Å². The standard InChI is InChI=1S/C11H7NS/c1-3-8-7-11-10(5-2-6-13-11)12-9(8)4-1/h1-7H. The molecule has 2 heterocycles. The van der Waals surface area contributed by atoms with Crippen LogP contribution in [-0.4, -0.2) is 4.98 Å². The summed E-state index contributed by atoms with van der Waals surface area (Å²) in [6.45, 7) is 0. The minimum Gasteiger partial charge on any atom is -0.247 e. The third-order valence-electron chi connectivity index (χ3n) is 2.13. The largest absolute Gasteiger partial charge is 0.247 e. The van der Waals surface area contributed by atoms with Gasteiger partial charge in [0.2, 0.25) is 0 Å². The van der Waals surface area contributed by atoms with Gasteiger partial charge in [0.05, 0.1) is 15.7 Å². The lowest BCUT2D eigenvalue weighted by Gasteiger charge is -1.95. The van der Waals surface area contributed by atoms with Gasteiger partial charge in [-0.2, -0.15) is 0 Å². The average molecular weight is 185 g/mol. The van der Waals surface area contributed by atoms with Crippen molar-refractivity contribution in [1.29, 1.82) is 0 Å². The predicted octanol–water partition coefficient (Wildman–Crippen LogP) is 3.45. The summed E-state index contributed by atoms with van der Waals surface area (Å²) >= 11 is 1.73. The van der Waals surface area contributed by atoms with E-state index in [1.165, 1.54) is 10.1 Å². The topological polar surface area (TPSA) is 12.9 Å². The van der Waals surface area contributed by atoms with Gasteiger partial charge in [0, 0.05) is 5.39 Å². The number of rotatable bonds is 0. The molecule has 2 heteroatoms. The van der Waals surface area contributed by atoms with Crippen LogP contribution in [-0.2, 0) is 0 Å². The van der Waals surface area contributed by atoms with Crippen molar-refractivity contribution in [2.45, 2.75) is 0 Å². The highest BCUT2D eigenvalue weighted by Crippen LogP contribution is 2.22. The Morgan fingerprint density at radius 2 is 1.92 bits per heavy atom. The normalized spacial score (nSPS) is 11.1. The molecular formula is C11H7NS. The lowest BCUT2D eigenvalue weighted by atomic mass is 10.3. The minimum atomic E-state index is 1.09. The molecule has 0 N–H and O–H groups in total. The molecule has 0 amide bonds. The van der Waals surface area contributed by atoms with E-state index in [1.54, 1.807) is 11.3 Å². The maximum Gasteiger partial charge on any atom is 0.0809 e. The highest BCUT2D eigenvalue weighted by atomic mass is 32.1. The van der Waals surface area contributed by atoms with E-state index in [0.717, 1.165) is 11.0 Å². The zero-order chi connectivity index (χ0) is 8.67. The van der Waals surface area contributed by atoms with Crippen LogP contribution in [0.15, 0.2) is 41.8 Å². The molecule has 0 aliphatic carbocycles. The van der Waals surface area contributed by atoms with Crippen molar-refractivity contribution in [2.75, 3.05) is 0 Å². The number of fused-ring (bicyclic) bond motifs is 2. The van der Waals surface area contributed by atoms with Gasteiger partial charge in [-0.15, -0.1) is 11.3 Å². The molecule has 0 bridgehead atoms. The first-order chi connectivity index (χ1) is 6.43. The smallest absolute Gasteiger partial charge is 0.0809 e. The van der Waals surface area contributed by atoms with Crippen LogP contribution in [0.5, 0.6) is 0 Å². The molecule has 0 atom stereocenters. The fraction of sp³-hybridized carbons (Fsp3) is 0. The van der Waals surface area contributed by atoms with Crippen LogP contribution in [0.25, 0.3) is 21.1 Å². The van der Waals surface area contributed by atoms with Crippen LogP contribution in [0.4, 0.5) is 0 Å². The van der Waals surface area contributed by atoms with Crippen molar-refractivity contribution in [1.82, 2.24) is 4.98 Å². The Labute approximate surface area is 79.7 Å². The predicted molar refractivity (Wildman–Crippen MR) is 57.1 cm³/mol. The number of hydrogen-bond acceptors (Lipinski definition) is 2. The Balaban J connectivity index is 2.57. The Kier molecular flexibility index (Phi) is 1.37. The van der Waals surface area contributed by atoms with Gasteiger partial charge in [-0.05, 0) is 23.6 Å². The Morgan fingerprint density at radius 3 is 2.92 bits per heavy atom. The molecule has 0 spiro atoms. The number of aromatic nitrogens is 1. The first kappa shape index (κ1) is 7.04. The summed E-state index contributed by atoms with van der Waals surface area (Å²) in [5.41, 5.74) is 2.18. The molecule has 3 aromatic rings. The van der Waals surface area contributed by atoms with E-state index in [9.17, 15) is 0 Å². The van der Waals surface area contributed by atoms with Crippen molar-refractivity contribution < 1.29 is 0 Å². The third kappa shape index (κ3) is 1.03. The number of pyridine rings is 1. The van der Waals surface area contributed by atoms with E-state index in [2.05, 4.69) is 28.6 Å². The molecule has 13 heavy (non-hydrogen) atoms. The highest BCUT2D eigenvalue weighted by molar-refractivity contribution is 7.16. The van der Waals surface area contributed by atoms with E-state index in [1.807, 2.05) is 18.2 Å². The second-order valence-corrected chi connectivity index (χ2v) is 3.93. The highest BCUT2D eigenvalue weighted by Gasteiger charge is 1.98. The Hall–Kier alpha value is -1.41. The lowest BCUT2D eigenvalue weighted by molar-refractivity contribution is 1.53. The molecule has 1 aromatic carbocycles. The molecule has 0 unspecified atom stereocenters. The summed E-state index contributed by atoms with van der Waals surface area (Å²) in [6.07, 6.45) is 0. The van der Waals surface area contributed by atoms with Gasteiger partial charge in [0.1, 0.15) is 0 Å². The second-order valence-electron chi connectivity index (χ2n) is 2.99. The zero-order valence-electron chi connectivity index (χ0n) is 6.90. The van der Waals surface area contributed by atoms with E-state index in [4.69, 9.17) is 0 Å². The van der Waals surface area contributed by atoms with Crippen LogP contribution >= 0.6 is 11.3 Å². The fourth-order valence-corrected chi connectivity index (χ4v) is 2.24. The molecule has 0 radical (unpaired) electrons. The molecule has 0 saturated heterocycles. The van der Waals surface area contributed by atoms with E-state index in [0.29, 0.717) is 0 Å². The number of hydrogen-bond donors (Lipinski definition) is 0.